The van der Waals surface area contributed by atoms with Gasteiger partial charge in [-0.3, -0.25) is 19.5 Å². The van der Waals surface area contributed by atoms with Crippen molar-refractivity contribution in [1.29, 1.82) is 0 Å². The SMILES string of the molecule is CCCC(c1cc(C(=O)N[C@H]2CCOc3ccccc32)ccn1)N1C(=O)CC(C)(CC)N=C1N. The maximum Gasteiger partial charge on any atom is 0.251 e. The molecule has 3 N–H and O–H groups in total. The van der Waals surface area contributed by atoms with Gasteiger partial charge in [0.1, 0.15) is 5.75 Å². The fourth-order valence-corrected chi connectivity index (χ4v) is 4.63. The Morgan fingerprint density at radius 3 is 2.85 bits per heavy atom. The predicted molar refractivity (Wildman–Crippen MR) is 130 cm³/mol. The van der Waals surface area contributed by atoms with Crippen LogP contribution in [0.3, 0.4) is 0 Å². The van der Waals surface area contributed by atoms with E-state index in [9.17, 15) is 9.59 Å². The largest absolute Gasteiger partial charge is 0.493 e. The number of nitrogens with two attached hydrogens (primary N) is 1. The first-order valence-corrected chi connectivity index (χ1v) is 12.0. The van der Waals surface area contributed by atoms with Crippen LogP contribution in [-0.2, 0) is 4.79 Å². The highest BCUT2D eigenvalue weighted by Crippen LogP contribution is 2.34. The molecular formula is C26H33N5O3. The molecule has 0 fully saturated rings. The minimum atomic E-state index is -0.483. The van der Waals surface area contributed by atoms with Gasteiger partial charge in [-0.05, 0) is 38.0 Å². The van der Waals surface area contributed by atoms with Gasteiger partial charge in [0, 0.05) is 23.7 Å². The topological polar surface area (TPSA) is 110 Å². The number of hydrogen-bond acceptors (Lipinski definition) is 6. The number of pyridine rings is 1. The molecule has 0 bridgehead atoms. The quantitative estimate of drug-likeness (QED) is 0.647. The number of carbonyl (C=O) groups excluding carboxylic acids is 2. The summed E-state index contributed by atoms with van der Waals surface area (Å²) in [4.78, 5) is 37.0. The lowest BCUT2D eigenvalue weighted by Crippen LogP contribution is -2.52. The third kappa shape index (κ3) is 4.76. The number of fused-ring (bicyclic) bond motifs is 1. The van der Waals surface area contributed by atoms with Crippen LogP contribution < -0.4 is 15.8 Å². The molecule has 34 heavy (non-hydrogen) atoms. The second kappa shape index (κ2) is 9.83. The molecule has 8 nitrogen and oxygen atoms in total. The second-order valence-corrected chi connectivity index (χ2v) is 9.24. The molecule has 0 aliphatic carbocycles. The minimum absolute atomic E-state index is 0.0641. The van der Waals surface area contributed by atoms with Crippen molar-refractivity contribution in [2.75, 3.05) is 6.61 Å². The van der Waals surface area contributed by atoms with E-state index in [2.05, 4.69) is 15.3 Å². The highest BCUT2D eigenvalue weighted by Gasteiger charge is 2.39. The summed E-state index contributed by atoms with van der Waals surface area (Å²) in [5.41, 5.74) is 7.91. The summed E-state index contributed by atoms with van der Waals surface area (Å²) in [5.74, 6) is 0.765. The van der Waals surface area contributed by atoms with Crippen LogP contribution >= 0.6 is 0 Å². The van der Waals surface area contributed by atoms with Gasteiger partial charge in [-0.15, -0.1) is 0 Å². The molecule has 0 radical (unpaired) electrons. The Morgan fingerprint density at radius 2 is 2.12 bits per heavy atom. The number of carbonyl (C=O) groups is 2. The van der Waals surface area contributed by atoms with Crippen molar-refractivity contribution < 1.29 is 14.3 Å². The number of ether oxygens (including phenoxy) is 1. The first kappa shape index (κ1) is 23.7. The average molecular weight is 464 g/mol. The second-order valence-electron chi connectivity index (χ2n) is 9.24. The van der Waals surface area contributed by atoms with E-state index < -0.39 is 5.54 Å². The average Bonchev–Trinajstić information content (AvgIpc) is 2.83. The van der Waals surface area contributed by atoms with Gasteiger partial charge < -0.3 is 15.8 Å². The highest BCUT2D eigenvalue weighted by molar-refractivity contribution is 5.99. The van der Waals surface area contributed by atoms with Gasteiger partial charge in [0.2, 0.25) is 5.91 Å². The van der Waals surface area contributed by atoms with Crippen LogP contribution in [0.5, 0.6) is 5.75 Å². The third-order valence-electron chi connectivity index (χ3n) is 6.72. The first-order chi connectivity index (χ1) is 16.3. The van der Waals surface area contributed by atoms with E-state index in [0.29, 0.717) is 37.1 Å². The first-order valence-electron chi connectivity index (χ1n) is 12.0. The standard InChI is InChI=1S/C26H33N5O3/c1-4-8-21(31-23(32)16-26(3,5-2)30-25(31)27)20-15-17(11-13-28-20)24(33)29-19-12-14-34-22-10-7-6-9-18(19)22/h6-7,9-11,13,15,19,21H,4-5,8,12,14,16H2,1-3H3,(H2,27,30)(H,29,33)/t19-,21?,26?/m0/s1. The molecule has 0 saturated heterocycles. The Bertz CT molecular complexity index is 1100. The van der Waals surface area contributed by atoms with E-state index in [1.807, 2.05) is 45.0 Å². The van der Waals surface area contributed by atoms with Crippen LogP contribution in [0.1, 0.15) is 86.6 Å². The molecule has 0 saturated carbocycles. The Labute approximate surface area is 200 Å². The predicted octanol–water partition coefficient (Wildman–Crippen LogP) is 3.89. The maximum absolute atomic E-state index is 13.2. The zero-order chi connectivity index (χ0) is 24.3. The Balaban J connectivity index is 1.59. The summed E-state index contributed by atoms with van der Waals surface area (Å²) >= 11 is 0. The van der Waals surface area contributed by atoms with E-state index >= 15 is 0 Å². The van der Waals surface area contributed by atoms with E-state index in [1.165, 1.54) is 0 Å². The van der Waals surface area contributed by atoms with Crippen molar-refractivity contribution in [2.24, 2.45) is 10.7 Å². The summed E-state index contributed by atoms with van der Waals surface area (Å²) < 4.78 is 5.71. The van der Waals surface area contributed by atoms with Crippen LogP contribution in [0, 0.1) is 0 Å². The summed E-state index contributed by atoms with van der Waals surface area (Å²) in [5, 5.41) is 3.13. The van der Waals surface area contributed by atoms with Crippen LogP contribution in [0.4, 0.5) is 0 Å². The van der Waals surface area contributed by atoms with Crippen molar-refractivity contribution in [1.82, 2.24) is 15.2 Å². The lowest BCUT2D eigenvalue weighted by Gasteiger charge is -2.38. The molecule has 3 atom stereocenters. The fraction of sp³-hybridized carbons (Fsp3) is 0.462. The lowest BCUT2D eigenvalue weighted by atomic mass is 9.92. The molecular weight excluding hydrogens is 430 g/mol. The summed E-state index contributed by atoms with van der Waals surface area (Å²) in [7, 11) is 0. The molecule has 3 heterocycles. The highest BCUT2D eigenvalue weighted by atomic mass is 16.5. The molecule has 1 aromatic heterocycles. The number of para-hydroxylation sites is 1. The number of rotatable bonds is 7. The lowest BCUT2D eigenvalue weighted by molar-refractivity contribution is -0.131. The molecule has 2 amide bonds. The normalized spacial score (nSPS) is 22.9. The monoisotopic (exact) mass is 463 g/mol. The number of nitrogens with zero attached hydrogens (tertiary/aromatic N) is 3. The van der Waals surface area contributed by atoms with Gasteiger partial charge in [-0.1, -0.05) is 38.5 Å². The van der Waals surface area contributed by atoms with E-state index in [-0.39, 0.29) is 29.9 Å². The summed E-state index contributed by atoms with van der Waals surface area (Å²) in [6.45, 7) is 6.55. The van der Waals surface area contributed by atoms with Crippen molar-refractivity contribution in [2.45, 2.75) is 70.5 Å². The van der Waals surface area contributed by atoms with Gasteiger partial charge >= 0.3 is 0 Å². The number of benzene rings is 1. The Kier molecular flexibility index (Phi) is 6.86. The molecule has 2 aromatic rings. The van der Waals surface area contributed by atoms with Gasteiger partial charge in [-0.25, -0.2) is 4.99 Å². The Hall–Kier alpha value is -3.42. The number of guanidine groups is 1. The number of amides is 2. The molecule has 1 aromatic carbocycles. The van der Waals surface area contributed by atoms with Crippen LogP contribution in [0.15, 0.2) is 47.6 Å². The maximum atomic E-state index is 13.2. The van der Waals surface area contributed by atoms with E-state index in [1.54, 1.807) is 23.2 Å². The molecule has 0 spiro atoms. The fourth-order valence-electron chi connectivity index (χ4n) is 4.63. The summed E-state index contributed by atoms with van der Waals surface area (Å²) in [6, 6.07) is 10.7. The van der Waals surface area contributed by atoms with E-state index in [0.717, 1.165) is 24.2 Å². The van der Waals surface area contributed by atoms with Gasteiger partial charge in [0.15, 0.2) is 5.96 Å². The summed E-state index contributed by atoms with van der Waals surface area (Å²) in [6.07, 6.45) is 4.83. The minimum Gasteiger partial charge on any atom is -0.493 e. The van der Waals surface area contributed by atoms with E-state index in [4.69, 9.17) is 10.5 Å². The molecule has 8 heteroatoms. The Morgan fingerprint density at radius 1 is 1.32 bits per heavy atom. The molecule has 2 unspecified atom stereocenters. The molecule has 2 aliphatic rings. The number of hydrogen-bond donors (Lipinski definition) is 2. The molecule has 180 valence electrons. The number of aliphatic imine (C=N–C) groups is 1. The molecule has 4 rings (SSSR count). The zero-order valence-corrected chi connectivity index (χ0v) is 20.1. The van der Waals surface area contributed by atoms with Crippen molar-refractivity contribution in [3.8, 4) is 5.75 Å². The number of nitrogens with one attached hydrogen (secondary N) is 1. The third-order valence-corrected chi connectivity index (χ3v) is 6.72. The smallest absolute Gasteiger partial charge is 0.251 e. The molecule has 2 aliphatic heterocycles. The van der Waals surface area contributed by atoms with Crippen molar-refractivity contribution >= 4 is 17.8 Å². The zero-order valence-electron chi connectivity index (χ0n) is 20.1. The van der Waals surface area contributed by atoms with Gasteiger partial charge in [-0.2, -0.15) is 0 Å². The van der Waals surface area contributed by atoms with Crippen molar-refractivity contribution in [3.05, 3.63) is 59.4 Å². The van der Waals surface area contributed by atoms with Gasteiger partial charge in [0.25, 0.3) is 5.91 Å². The number of aromatic nitrogens is 1. The van der Waals surface area contributed by atoms with Crippen LogP contribution in [-0.4, -0.2) is 39.8 Å². The van der Waals surface area contributed by atoms with Crippen molar-refractivity contribution in [3.63, 3.8) is 0 Å². The van der Waals surface area contributed by atoms with Gasteiger partial charge in [0.05, 0.1) is 36.3 Å². The van der Waals surface area contributed by atoms with Crippen LogP contribution in [0.2, 0.25) is 0 Å². The van der Waals surface area contributed by atoms with Crippen LogP contribution in [0.25, 0.3) is 0 Å².